The van der Waals surface area contributed by atoms with Gasteiger partial charge in [0.15, 0.2) is 5.16 Å². The summed E-state index contributed by atoms with van der Waals surface area (Å²) in [4.78, 5) is 30.3. The highest BCUT2D eigenvalue weighted by molar-refractivity contribution is 7.99. The average molecular weight is 418 g/mol. The van der Waals surface area contributed by atoms with Crippen LogP contribution < -0.4 is 10.9 Å². The second kappa shape index (κ2) is 8.05. The Kier molecular flexibility index (Phi) is 5.50. The van der Waals surface area contributed by atoms with Gasteiger partial charge in [-0.25, -0.2) is 9.37 Å². The molecule has 0 bridgehead atoms. The number of hydrogen-bond donors (Lipinski definition) is 1. The molecular formula is C20H20FN3O2S2. The summed E-state index contributed by atoms with van der Waals surface area (Å²) in [6, 6.07) is 6.36. The third-order valence-electron chi connectivity index (χ3n) is 4.98. The molecule has 3 aromatic rings. The molecule has 2 heterocycles. The van der Waals surface area contributed by atoms with E-state index in [4.69, 9.17) is 0 Å². The van der Waals surface area contributed by atoms with Crippen LogP contribution in [0.15, 0.2) is 39.6 Å². The molecule has 0 aliphatic heterocycles. The van der Waals surface area contributed by atoms with Gasteiger partial charge in [-0.2, -0.15) is 0 Å². The summed E-state index contributed by atoms with van der Waals surface area (Å²) in [5.41, 5.74) is 1.37. The molecule has 0 saturated heterocycles. The van der Waals surface area contributed by atoms with Gasteiger partial charge in [0.2, 0.25) is 5.91 Å². The molecule has 146 valence electrons. The molecule has 1 aromatic carbocycles. The zero-order chi connectivity index (χ0) is 19.7. The second-order valence-electron chi connectivity index (χ2n) is 6.93. The molecule has 0 spiro atoms. The Morgan fingerprint density at radius 2 is 2.04 bits per heavy atom. The largest absolute Gasteiger partial charge is 0.353 e. The highest BCUT2D eigenvalue weighted by Crippen LogP contribution is 2.32. The molecule has 4 rings (SSSR count). The third kappa shape index (κ3) is 3.84. The van der Waals surface area contributed by atoms with Crippen molar-refractivity contribution in [2.75, 3.05) is 5.75 Å². The number of amides is 1. The SMILES string of the molecule is Cn1c(SCC(=O)NC2CCCC2)nc2scc(-c3ccc(F)cc3)c2c1=O. The Morgan fingerprint density at radius 3 is 2.75 bits per heavy atom. The van der Waals surface area contributed by atoms with Gasteiger partial charge in [-0.3, -0.25) is 14.2 Å². The third-order valence-corrected chi connectivity index (χ3v) is 6.88. The smallest absolute Gasteiger partial charge is 0.263 e. The molecule has 1 aliphatic carbocycles. The van der Waals surface area contributed by atoms with Crippen LogP contribution in [0.25, 0.3) is 21.3 Å². The summed E-state index contributed by atoms with van der Waals surface area (Å²) < 4.78 is 14.7. The van der Waals surface area contributed by atoms with Crippen LogP contribution in [0.5, 0.6) is 0 Å². The normalized spacial score (nSPS) is 14.6. The molecule has 28 heavy (non-hydrogen) atoms. The van der Waals surface area contributed by atoms with Gasteiger partial charge in [-0.05, 0) is 30.5 Å². The van der Waals surface area contributed by atoms with Crippen LogP contribution in [0.4, 0.5) is 4.39 Å². The molecule has 1 fully saturated rings. The first kappa shape index (κ1) is 19.1. The van der Waals surface area contributed by atoms with Crippen molar-refractivity contribution in [3.05, 3.63) is 45.8 Å². The number of carbonyl (C=O) groups excluding carboxylic acids is 1. The van der Waals surface area contributed by atoms with Gasteiger partial charge < -0.3 is 5.32 Å². The Hall–Kier alpha value is -2.19. The minimum atomic E-state index is -0.316. The standard InChI is InChI=1S/C20H20FN3O2S2/c1-24-19(26)17-15(12-6-8-13(21)9-7-12)10-27-18(17)23-20(24)28-11-16(25)22-14-4-2-3-5-14/h6-10,14H,2-5,11H2,1H3,(H,22,25). The monoisotopic (exact) mass is 417 g/mol. The van der Waals surface area contributed by atoms with Crippen LogP contribution in [0.3, 0.4) is 0 Å². The first-order valence-corrected chi connectivity index (χ1v) is 11.1. The summed E-state index contributed by atoms with van der Waals surface area (Å²) in [5, 5.41) is 5.96. The number of fused-ring (bicyclic) bond motifs is 1. The summed E-state index contributed by atoms with van der Waals surface area (Å²) >= 11 is 2.65. The number of hydrogen-bond acceptors (Lipinski definition) is 5. The van der Waals surface area contributed by atoms with Gasteiger partial charge in [0.1, 0.15) is 10.6 Å². The molecule has 1 aliphatic rings. The number of rotatable bonds is 5. The molecule has 1 amide bonds. The van der Waals surface area contributed by atoms with E-state index in [0.29, 0.717) is 15.4 Å². The fourth-order valence-electron chi connectivity index (χ4n) is 3.49. The highest BCUT2D eigenvalue weighted by atomic mass is 32.2. The van der Waals surface area contributed by atoms with Crippen molar-refractivity contribution in [2.45, 2.75) is 36.9 Å². The van der Waals surface area contributed by atoms with Gasteiger partial charge >= 0.3 is 0 Å². The van der Waals surface area contributed by atoms with Crippen LogP contribution >= 0.6 is 23.1 Å². The van der Waals surface area contributed by atoms with Gasteiger partial charge in [-0.15, -0.1) is 11.3 Å². The molecular weight excluding hydrogens is 397 g/mol. The number of thiophene rings is 1. The van der Waals surface area contributed by atoms with E-state index >= 15 is 0 Å². The fourth-order valence-corrected chi connectivity index (χ4v) is 5.27. The van der Waals surface area contributed by atoms with Crippen molar-refractivity contribution in [1.82, 2.24) is 14.9 Å². The van der Waals surface area contributed by atoms with E-state index in [0.717, 1.165) is 24.0 Å². The minimum Gasteiger partial charge on any atom is -0.353 e. The van der Waals surface area contributed by atoms with Gasteiger partial charge in [0, 0.05) is 24.0 Å². The molecule has 2 aromatic heterocycles. The van der Waals surface area contributed by atoms with Crippen LogP contribution in [-0.4, -0.2) is 27.3 Å². The van der Waals surface area contributed by atoms with E-state index in [1.165, 1.54) is 52.6 Å². The number of halogens is 1. The van der Waals surface area contributed by atoms with Gasteiger partial charge in [0.05, 0.1) is 11.1 Å². The maximum Gasteiger partial charge on any atom is 0.263 e. The van der Waals surface area contributed by atoms with E-state index in [2.05, 4.69) is 10.3 Å². The lowest BCUT2D eigenvalue weighted by molar-refractivity contribution is -0.119. The predicted molar refractivity (Wildman–Crippen MR) is 111 cm³/mol. The second-order valence-corrected chi connectivity index (χ2v) is 8.73. The van der Waals surface area contributed by atoms with E-state index < -0.39 is 0 Å². The van der Waals surface area contributed by atoms with Crippen LogP contribution in [0.1, 0.15) is 25.7 Å². The number of carbonyl (C=O) groups is 1. The van der Waals surface area contributed by atoms with E-state index in [1.807, 2.05) is 5.38 Å². The topological polar surface area (TPSA) is 64.0 Å². The average Bonchev–Trinajstić information content (AvgIpc) is 3.34. The highest BCUT2D eigenvalue weighted by Gasteiger charge is 2.19. The van der Waals surface area contributed by atoms with Crippen molar-refractivity contribution >= 4 is 39.2 Å². The Bertz CT molecular complexity index is 1070. The molecule has 0 radical (unpaired) electrons. The lowest BCUT2D eigenvalue weighted by atomic mass is 10.1. The van der Waals surface area contributed by atoms with Crippen molar-refractivity contribution in [3.8, 4) is 11.1 Å². The lowest BCUT2D eigenvalue weighted by Gasteiger charge is -2.12. The summed E-state index contributed by atoms with van der Waals surface area (Å²) in [6.45, 7) is 0. The summed E-state index contributed by atoms with van der Waals surface area (Å²) in [5.74, 6) is -0.105. The molecule has 0 atom stereocenters. The summed E-state index contributed by atoms with van der Waals surface area (Å²) in [6.07, 6.45) is 4.42. The molecule has 1 N–H and O–H groups in total. The van der Waals surface area contributed by atoms with Crippen molar-refractivity contribution in [2.24, 2.45) is 7.05 Å². The number of aromatic nitrogens is 2. The molecule has 1 saturated carbocycles. The quantitative estimate of drug-likeness (QED) is 0.504. The first-order chi connectivity index (χ1) is 13.5. The van der Waals surface area contributed by atoms with Crippen molar-refractivity contribution < 1.29 is 9.18 Å². The van der Waals surface area contributed by atoms with Gasteiger partial charge in [-0.1, -0.05) is 36.7 Å². The van der Waals surface area contributed by atoms with E-state index in [-0.39, 0.29) is 29.1 Å². The number of nitrogens with one attached hydrogen (secondary N) is 1. The molecule has 0 unspecified atom stereocenters. The lowest BCUT2D eigenvalue weighted by Crippen LogP contribution is -2.34. The summed E-state index contributed by atoms with van der Waals surface area (Å²) in [7, 11) is 1.66. The minimum absolute atomic E-state index is 0.0237. The fraction of sp³-hybridized carbons (Fsp3) is 0.350. The Morgan fingerprint density at radius 1 is 1.32 bits per heavy atom. The van der Waals surface area contributed by atoms with E-state index in [9.17, 15) is 14.0 Å². The maximum atomic E-state index is 13.2. The maximum absolute atomic E-state index is 13.2. The van der Waals surface area contributed by atoms with E-state index in [1.54, 1.807) is 19.2 Å². The first-order valence-electron chi connectivity index (χ1n) is 9.19. The predicted octanol–water partition coefficient (Wildman–Crippen LogP) is 3.95. The van der Waals surface area contributed by atoms with Crippen LogP contribution in [0.2, 0.25) is 0 Å². The van der Waals surface area contributed by atoms with Crippen molar-refractivity contribution in [3.63, 3.8) is 0 Å². The molecule has 5 nitrogen and oxygen atoms in total. The van der Waals surface area contributed by atoms with Crippen LogP contribution in [0, 0.1) is 5.82 Å². The zero-order valence-corrected chi connectivity index (χ0v) is 17.0. The molecule has 8 heteroatoms. The number of thioether (sulfide) groups is 1. The Labute approximate surface area is 170 Å². The zero-order valence-electron chi connectivity index (χ0n) is 15.4. The van der Waals surface area contributed by atoms with Crippen molar-refractivity contribution in [1.29, 1.82) is 0 Å². The Balaban J connectivity index is 1.57. The number of benzene rings is 1. The van der Waals surface area contributed by atoms with Gasteiger partial charge in [0.25, 0.3) is 5.56 Å². The van der Waals surface area contributed by atoms with Crippen LogP contribution in [-0.2, 0) is 11.8 Å². The number of nitrogens with zero attached hydrogens (tertiary/aromatic N) is 2.